The zero-order valence-electron chi connectivity index (χ0n) is 10.2. The predicted octanol–water partition coefficient (Wildman–Crippen LogP) is 2.59. The molecular weight excluding hydrogens is 250 g/mol. The number of aromatic nitrogens is 2. The van der Waals surface area contributed by atoms with Crippen LogP contribution in [0.15, 0.2) is 10.9 Å². The van der Waals surface area contributed by atoms with Gasteiger partial charge in [0, 0.05) is 29.8 Å². The largest absolute Gasteiger partial charge is 0.316 e. The summed E-state index contributed by atoms with van der Waals surface area (Å²) in [6.45, 7) is 6.14. The molecule has 2 aromatic rings. The highest BCUT2D eigenvalue weighted by atomic mass is 32.1. The van der Waals surface area contributed by atoms with E-state index in [4.69, 9.17) is 0 Å². The molecule has 0 spiro atoms. The van der Waals surface area contributed by atoms with Crippen LogP contribution in [0.2, 0.25) is 0 Å². The maximum Gasteiger partial charge on any atom is 0.0897 e. The van der Waals surface area contributed by atoms with E-state index in [-0.39, 0.29) is 0 Å². The van der Waals surface area contributed by atoms with E-state index in [9.17, 15) is 0 Å². The van der Waals surface area contributed by atoms with Gasteiger partial charge < -0.3 is 5.32 Å². The Bertz CT molecular complexity index is 462. The van der Waals surface area contributed by atoms with Crippen LogP contribution in [0, 0.1) is 13.8 Å². The fraction of sp³-hybridized carbons (Fsp3) is 0.500. The SMILES string of the molecule is Cc1nc(CCNCCc2scnc2C)cs1. The summed E-state index contributed by atoms with van der Waals surface area (Å²) in [6.07, 6.45) is 2.10. The van der Waals surface area contributed by atoms with Crippen molar-refractivity contribution in [3.63, 3.8) is 0 Å². The van der Waals surface area contributed by atoms with Crippen molar-refractivity contribution >= 4 is 22.7 Å². The molecule has 0 radical (unpaired) electrons. The van der Waals surface area contributed by atoms with E-state index in [1.54, 1.807) is 22.7 Å². The topological polar surface area (TPSA) is 37.8 Å². The van der Waals surface area contributed by atoms with E-state index >= 15 is 0 Å². The highest BCUT2D eigenvalue weighted by molar-refractivity contribution is 7.09. The van der Waals surface area contributed by atoms with Crippen molar-refractivity contribution in [1.82, 2.24) is 15.3 Å². The fourth-order valence-electron chi connectivity index (χ4n) is 1.63. The molecule has 0 unspecified atom stereocenters. The molecule has 0 fully saturated rings. The minimum Gasteiger partial charge on any atom is -0.316 e. The van der Waals surface area contributed by atoms with Gasteiger partial charge in [0.25, 0.3) is 0 Å². The van der Waals surface area contributed by atoms with Gasteiger partial charge in [-0.15, -0.1) is 22.7 Å². The normalized spacial score (nSPS) is 10.9. The molecule has 0 aliphatic rings. The second kappa shape index (κ2) is 6.23. The molecule has 5 heteroatoms. The van der Waals surface area contributed by atoms with E-state index in [0.717, 1.165) is 30.9 Å². The van der Waals surface area contributed by atoms with E-state index in [1.165, 1.54) is 16.3 Å². The summed E-state index contributed by atoms with van der Waals surface area (Å²) in [6, 6.07) is 0. The van der Waals surface area contributed by atoms with Gasteiger partial charge in [-0.25, -0.2) is 9.97 Å². The minimum atomic E-state index is 1.00. The average molecular weight is 267 g/mol. The second-order valence-electron chi connectivity index (χ2n) is 3.97. The standard InChI is InChI=1S/C12H17N3S2/c1-9-12(17-8-14-9)4-6-13-5-3-11-7-16-10(2)15-11/h7-8,13H,3-6H2,1-2H3. The molecule has 0 bridgehead atoms. The smallest absolute Gasteiger partial charge is 0.0897 e. The third-order valence-corrected chi connectivity index (χ3v) is 4.42. The Labute approximate surface area is 110 Å². The molecule has 92 valence electrons. The number of thiazole rings is 2. The lowest BCUT2D eigenvalue weighted by atomic mass is 10.3. The van der Waals surface area contributed by atoms with Crippen LogP contribution in [0.1, 0.15) is 21.3 Å². The van der Waals surface area contributed by atoms with Crippen molar-refractivity contribution in [3.05, 3.63) is 32.2 Å². The van der Waals surface area contributed by atoms with Gasteiger partial charge in [-0.3, -0.25) is 0 Å². The molecule has 0 aromatic carbocycles. The van der Waals surface area contributed by atoms with E-state index in [2.05, 4.69) is 27.6 Å². The molecule has 2 aromatic heterocycles. The van der Waals surface area contributed by atoms with Crippen LogP contribution in [0.4, 0.5) is 0 Å². The highest BCUT2D eigenvalue weighted by Gasteiger charge is 2.01. The van der Waals surface area contributed by atoms with Crippen molar-refractivity contribution in [2.24, 2.45) is 0 Å². The third-order valence-electron chi connectivity index (χ3n) is 2.60. The lowest BCUT2D eigenvalue weighted by molar-refractivity contribution is 0.678. The zero-order chi connectivity index (χ0) is 12.1. The zero-order valence-corrected chi connectivity index (χ0v) is 11.8. The first kappa shape index (κ1) is 12.7. The van der Waals surface area contributed by atoms with Gasteiger partial charge in [-0.05, 0) is 20.3 Å². The predicted molar refractivity (Wildman–Crippen MR) is 74.0 cm³/mol. The minimum absolute atomic E-state index is 1.00. The summed E-state index contributed by atoms with van der Waals surface area (Å²) in [5.74, 6) is 0. The highest BCUT2D eigenvalue weighted by Crippen LogP contribution is 2.12. The molecule has 0 atom stereocenters. The van der Waals surface area contributed by atoms with Crippen LogP contribution in [0.25, 0.3) is 0 Å². The van der Waals surface area contributed by atoms with E-state index < -0.39 is 0 Å². The quantitative estimate of drug-likeness (QED) is 0.818. The van der Waals surface area contributed by atoms with Gasteiger partial charge in [0.1, 0.15) is 0 Å². The first-order valence-corrected chi connectivity index (χ1v) is 7.52. The number of rotatable bonds is 6. The van der Waals surface area contributed by atoms with Crippen molar-refractivity contribution in [2.75, 3.05) is 13.1 Å². The number of aryl methyl sites for hydroxylation is 2. The molecule has 0 saturated carbocycles. The van der Waals surface area contributed by atoms with Crippen LogP contribution in [-0.4, -0.2) is 23.1 Å². The summed E-state index contributed by atoms with van der Waals surface area (Å²) in [4.78, 5) is 10.1. The maximum atomic E-state index is 4.44. The van der Waals surface area contributed by atoms with Gasteiger partial charge in [0.2, 0.25) is 0 Å². The summed E-state index contributed by atoms with van der Waals surface area (Å²) >= 11 is 3.47. The first-order chi connectivity index (χ1) is 8.25. The lowest BCUT2D eigenvalue weighted by Crippen LogP contribution is -2.20. The van der Waals surface area contributed by atoms with Crippen LogP contribution < -0.4 is 5.32 Å². The Hall–Kier alpha value is -0.780. The van der Waals surface area contributed by atoms with E-state index in [0.29, 0.717) is 0 Å². The number of nitrogens with zero attached hydrogens (tertiary/aromatic N) is 2. The summed E-state index contributed by atoms with van der Waals surface area (Å²) in [5.41, 5.74) is 4.30. The molecule has 17 heavy (non-hydrogen) atoms. The summed E-state index contributed by atoms with van der Waals surface area (Å²) in [5, 5.41) is 6.75. The van der Waals surface area contributed by atoms with Gasteiger partial charge in [0.05, 0.1) is 21.9 Å². The third kappa shape index (κ3) is 3.87. The van der Waals surface area contributed by atoms with E-state index in [1.807, 2.05) is 12.4 Å². The van der Waals surface area contributed by atoms with Crippen molar-refractivity contribution in [1.29, 1.82) is 0 Å². The van der Waals surface area contributed by atoms with Crippen molar-refractivity contribution < 1.29 is 0 Å². The fourth-order valence-corrected chi connectivity index (χ4v) is 3.06. The first-order valence-electron chi connectivity index (χ1n) is 5.76. The van der Waals surface area contributed by atoms with Gasteiger partial charge in [0.15, 0.2) is 0 Å². The molecule has 0 amide bonds. The van der Waals surface area contributed by atoms with Crippen molar-refractivity contribution in [3.8, 4) is 0 Å². The molecule has 0 aliphatic carbocycles. The Morgan fingerprint density at radius 3 is 2.65 bits per heavy atom. The number of hydrogen-bond acceptors (Lipinski definition) is 5. The number of hydrogen-bond donors (Lipinski definition) is 1. The van der Waals surface area contributed by atoms with Gasteiger partial charge in [-0.2, -0.15) is 0 Å². The maximum absolute atomic E-state index is 4.44. The Morgan fingerprint density at radius 1 is 1.18 bits per heavy atom. The second-order valence-corrected chi connectivity index (χ2v) is 5.97. The molecule has 1 N–H and O–H groups in total. The molecule has 3 nitrogen and oxygen atoms in total. The lowest BCUT2D eigenvalue weighted by Gasteiger charge is -2.02. The van der Waals surface area contributed by atoms with Crippen LogP contribution in [0.5, 0.6) is 0 Å². The Morgan fingerprint density at radius 2 is 2.00 bits per heavy atom. The monoisotopic (exact) mass is 267 g/mol. The summed E-state index contributed by atoms with van der Waals surface area (Å²) < 4.78 is 0. The summed E-state index contributed by atoms with van der Waals surface area (Å²) in [7, 11) is 0. The van der Waals surface area contributed by atoms with Gasteiger partial charge >= 0.3 is 0 Å². The molecule has 2 heterocycles. The molecular formula is C12H17N3S2. The molecule has 0 aliphatic heterocycles. The number of nitrogens with one attached hydrogen (secondary N) is 1. The Kier molecular flexibility index (Phi) is 4.65. The van der Waals surface area contributed by atoms with Gasteiger partial charge in [-0.1, -0.05) is 0 Å². The molecule has 0 saturated heterocycles. The van der Waals surface area contributed by atoms with Crippen LogP contribution in [0.3, 0.4) is 0 Å². The van der Waals surface area contributed by atoms with Crippen molar-refractivity contribution in [2.45, 2.75) is 26.7 Å². The van der Waals surface area contributed by atoms with Crippen LogP contribution in [-0.2, 0) is 12.8 Å². The Balaban J connectivity index is 1.62. The molecule has 2 rings (SSSR count). The average Bonchev–Trinajstić information content (AvgIpc) is 2.88. The van der Waals surface area contributed by atoms with Crippen LogP contribution >= 0.6 is 22.7 Å².